The summed E-state index contributed by atoms with van der Waals surface area (Å²) in [6.45, 7) is 22.4. The molecule has 0 aromatic carbocycles. The first kappa shape index (κ1) is 68.8. The van der Waals surface area contributed by atoms with Gasteiger partial charge in [0.05, 0.1) is 57.5 Å². The van der Waals surface area contributed by atoms with Gasteiger partial charge in [0, 0.05) is 52.3 Å². The van der Waals surface area contributed by atoms with E-state index in [0.717, 1.165) is 28.1 Å². The Balaban J connectivity index is 0.000000410. The fourth-order valence-corrected chi connectivity index (χ4v) is 12.0. The lowest BCUT2D eigenvalue weighted by atomic mass is 9.95. The summed E-state index contributed by atoms with van der Waals surface area (Å²) in [5.74, 6) is -2.32. The van der Waals surface area contributed by atoms with Crippen molar-refractivity contribution in [1.82, 2.24) is 29.3 Å². The molecule has 2 aliphatic heterocycles. The van der Waals surface area contributed by atoms with Gasteiger partial charge in [0.2, 0.25) is 0 Å². The van der Waals surface area contributed by atoms with E-state index in [0.29, 0.717) is 12.1 Å². The Labute approximate surface area is 463 Å². The number of rotatable bonds is 26. The molecule has 2 aromatic rings. The van der Waals surface area contributed by atoms with Gasteiger partial charge in [-0.1, -0.05) is 72.0 Å². The third kappa shape index (κ3) is 21.1. The van der Waals surface area contributed by atoms with E-state index < -0.39 is 130 Å². The van der Waals surface area contributed by atoms with Crippen LogP contribution in [0.25, 0.3) is 0 Å². The number of carbonyl (C=O) groups excluding carboxylic acids is 4. The van der Waals surface area contributed by atoms with Crippen LogP contribution in [0.3, 0.4) is 0 Å². The first-order valence-corrected chi connectivity index (χ1v) is 30.5. The van der Waals surface area contributed by atoms with Crippen LogP contribution in [0.2, 0.25) is 0 Å². The maximum absolute atomic E-state index is 13.7. The van der Waals surface area contributed by atoms with E-state index in [2.05, 4.69) is 20.1 Å². The highest BCUT2D eigenvalue weighted by Gasteiger charge is 2.47. The van der Waals surface area contributed by atoms with Gasteiger partial charge in [-0.3, -0.25) is 46.4 Å². The van der Waals surface area contributed by atoms with Crippen LogP contribution in [-0.2, 0) is 65.4 Å². The summed E-state index contributed by atoms with van der Waals surface area (Å²) in [4.78, 5) is 81.2. The third-order valence-corrected chi connectivity index (χ3v) is 17.3. The fraction of sp³-hybridized carbons (Fsp3) is 0.750. The largest absolute Gasteiger partial charge is 0.462 e. The number of aliphatic hydroxyl groups excluding tert-OH is 3. The number of anilines is 1. The number of ether oxygens (including phenoxy) is 4. The number of nitrogen functional groups attached to an aromatic ring is 1. The average molecular weight is 1190 g/mol. The second kappa shape index (κ2) is 30.6. The minimum atomic E-state index is -4.21. The maximum atomic E-state index is 13.7. The van der Waals surface area contributed by atoms with Gasteiger partial charge in [-0.05, 0) is 67.0 Å². The molecule has 7 N–H and O–H groups in total. The van der Waals surface area contributed by atoms with Crippen LogP contribution in [0.4, 0.5) is 5.82 Å². The summed E-state index contributed by atoms with van der Waals surface area (Å²) in [7, 11) is -8.31. The molecule has 30 heteroatoms. The van der Waals surface area contributed by atoms with Crippen molar-refractivity contribution in [3.05, 3.63) is 51.2 Å². The second-order valence-corrected chi connectivity index (χ2v) is 26.7. The topological polar surface area (TPSA) is 357 Å². The van der Waals surface area contributed by atoms with Crippen molar-refractivity contribution >= 4 is 67.0 Å². The molecule has 0 bridgehead atoms. The van der Waals surface area contributed by atoms with Crippen LogP contribution in [0.15, 0.2) is 34.1 Å². The molecule has 0 radical (unpaired) electrons. The van der Waals surface area contributed by atoms with Crippen molar-refractivity contribution in [1.29, 1.82) is 0 Å². The van der Waals surface area contributed by atoms with Crippen molar-refractivity contribution in [3.8, 4) is 0 Å². The first-order chi connectivity index (χ1) is 36.1. The monoisotopic (exact) mass is 1190 g/mol. The lowest BCUT2D eigenvalue weighted by Gasteiger charge is -2.25. The third-order valence-electron chi connectivity index (χ3n) is 11.4. The smallest absolute Gasteiger partial charge is 0.406 e. The Kier molecular flexibility index (Phi) is 27.0. The molecular weight excluding hydrogens is 1100 g/mol. The predicted octanol–water partition coefficient (Wildman–Crippen LogP) is 4.28. The lowest BCUT2D eigenvalue weighted by Crippen LogP contribution is -2.37. The number of esters is 2. The highest BCUT2D eigenvalue weighted by atomic mass is 32.2. The molecule has 2 saturated heterocycles. The highest BCUT2D eigenvalue weighted by molar-refractivity contribution is 8.14. The number of nitrogens with zero attached hydrogens (tertiary/aromatic N) is 4. The lowest BCUT2D eigenvalue weighted by molar-refractivity contribution is -0.150. The van der Waals surface area contributed by atoms with E-state index in [1.807, 2.05) is 6.92 Å². The zero-order chi connectivity index (χ0) is 59.1. The standard InChI is InChI=1S/C25H42N3O9PS.C23H39N4O10PS/c1-9-18-19(37-21(20(18)29)28-11-10-16(4)26-24(28)32)14-35-38(33,27-17(5)22(30)36-15(2)3)34-12-13-39-23(31)25(6,7)8;1-13(2)36-20(30)14(3)26-38(33,34-9-10-39-21(31)23(4,5)6)35-12-16-15(11-28)18(29)19(37-16)27-8-7-17(24)25-22(27)32/h10-11,15,17-21,29H,9,12-14H2,1-8H3,(H,27,33);7-8,13-16,18-19,28-29H,9-12H2,1-6H3,(H,26,33)(H2,24,25,32)/t17-,18+,19+,20+,21+,38?;14-,15+,16+,18+,19+,38?/m00/s1. The van der Waals surface area contributed by atoms with Gasteiger partial charge in [-0.25, -0.2) is 28.9 Å². The zero-order valence-corrected chi connectivity index (χ0v) is 50.3. The van der Waals surface area contributed by atoms with Gasteiger partial charge >= 0.3 is 38.8 Å². The molecule has 78 heavy (non-hydrogen) atoms. The van der Waals surface area contributed by atoms with E-state index in [4.69, 9.17) is 42.8 Å². The summed E-state index contributed by atoms with van der Waals surface area (Å²) in [6.07, 6.45) is -3.86. The molecule has 0 aliphatic carbocycles. The quantitative estimate of drug-likeness (QED) is 0.0435. The van der Waals surface area contributed by atoms with Gasteiger partial charge in [-0.2, -0.15) is 9.97 Å². The minimum Gasteiger partial charge on any atom is -0.462 e. The number of aliphatic hydroxyl groups is 3. The first-order valence-electron chi connectivity index (χ1n) is 25.4. The van der Waals surface area contributed by atoms with Crippen LogP contribution >= 0.6 is 39.0 Å². The molecular formula is C48H81N7O19P2S2. The molecule has 0 saturated carbocycles. The van der Waals surface area contributed by atoms with Crippen LogP contribution < -0.4 is 27.3 Å². The highest BCUT2D eigenvalue weighted by Crippen LogP contribution is 2.48. The molecule has 12 atom stereocenters. The number of aryl methyl sites for hydroxylation is 1. The second-order valence-electron chi connectivity index (χ2n) is 21.0. The van der Waals surface area contributed by atoms with Gasteiger partial charge in [0.15, 0.2) is 22.7 Å². The molecule has 444 valence electrons. The molecule has 0 amide bonds. The molecule has 2 fully saturated rings. The summed E-state index contributed by atoms with van der Waals surface area (Å²) >= 11 is 2.06. The number of nitrogens with two attached hydrogens (primary N) is 1. The Morgan fingerprint density at radius 1 is 0.705 bits per heavy atom. The number of nitrogens with one attached hydrogen (secondary N) is 2. The minimum absolute atomic E-state index is 0.0148. The Morgan fingerprint density at radius 3 is 1.47 bits per heavy atom. The van der Waals surface area contributed by atoms with Crippen LogP contribution in [0.1, 0.15) is 115 Å². The van der Waals surface area contributed by atoms with Crippen molar-refractivity contribution in [2.24, 2.45) is 22.7 Å². The maximum Gasteiger partial charge on any atom is 0.406 e. The van der Waals surface area contributed by atoms with Crippen molar-refractivity contribution in [2.75, 3.05) is 50.3 Å². The zero-order valence-electron chi connectivity index (χ0n) is 46.8. The molecule has 2 aromatic heterocycles. The van der Waals surface area contributed by atoms with Gasteiger partial charge in [0.1, 0.15) is 30.1 Å². The van der Waals surface area contributed by atoms with Gasteiger partial charge in [0.25, 0.3) is 0 Å². The van der Waals surface area contributed by atoms with E-state index in [9.17, 15) is 53.2 Å². The van der Waals surface area contributed by atoms with E-state index in [1.165, 1.54) is 36.9 Å². The Morgan fingerprint density at radius 2 is 1.10 bits per heavy atom. The molecule has 26 nitrogen and oxygen atoms in total. The summed E-state index contributed by atoms with van der Waals surface area (Å²) in [5, 5.41) is 36.5. The molecule has 4 heterocycles. The summed E-state index contributed by atoms with van der Waals surface area (Å²) < 4.78 is 74.0. The number of hydrogen-bond donors (Lipinski definition) is 6. The molecule has 2 unspecified atom stereocenters. The van der Waals surface area contributed by atoms with E-state index in [-0.39, 0.29) is 53.5 Å². The number of carbonyl (C=O) groups is 4. The van der Waals surface area contributed by atoms with Gasteiger partial charge in [-0.15, -0.1) is 0 Å². The Bertz CT molecular complexity index is 2360. The molecule has 0 spiro atoms. The van der Waals surface area contributed by atoms with Crippen LogP contribution in [-0.4, -0.2) is 150 Å². The predicted molar refractivity (Wildman–Crippen MR) is 291 cm³/mol. The number of hydrogen-bond acceptors (Lipinski definition) is 24. The van der Waals surface area contributed by atoms with Crippen LogP contribution in [0, 0.1) is 29.6 Å². The van der Waals surface area contributed by atoms with Crippen molar-refractivity contribution in [3.63, 3.8) is 0 Å². The fourth-order valence-electron chi connectivity index (χ4n) is 7.24. The van der Waals surface area contributed by atoms with Crippen LogP contribution in [0.5, 0.6) is 0 Å². The van der Waals surface area contributed by atoms with Gasteiger partial charge < -0.3 is 40.0 Å². The normalized spacial score (nSPS) is 23.9. The average Bonchev–Trinajstić information content (AvgIpc) is 3.83. The SMILES string of the molecule is CC(C)OC(=O)[C@H](C)NP(=O)(OCCSC(=O)C(C)(C)C)OC[C@H]1O[C@@H](n2ccc(N)nc2=O)[C@H](O)[C@@H]1CO.CC[C@H]1[C@@H](O)[C@H](n2ccc(C)nc2=O)O[C@@H]1COP(=O)(N[C@@H](C)C(=O)OC(C)C)OCCSC(=O)C(C)(C)C. The van der Waals surface area contributed by atoms with E-state index >= 15 is 0 Å². The Hall–Kier alpha value is -3.44. The summed E-state index contributed by atoms with van der Waals surface area (Å²) in [6, 6.07) is 0.873. The van der Waals surface area contributed by atoms with Crippen molar-refractivity contribution < 1.29 is 80.7 Å². The molecule has 4 rings (SSSR count). The summed E-state index contributed by atoms with van der Waals surface area (Å²) in [5.41, 5.74) is 3.60. The van der Waals surface area contributed by atoms with Crippen molar-refractivity contribution in [2.45, 2.75) is 165 Å². The van der Waals surface area contributed by atoms with E-state index in [1.54, 1.807) is 82.2 Å². The number of aromatic nitrogens is 4. The molecule has 2 aliphatic rings. The number of thioether (sulfide) groups is 2.